The van der Waals surface area contributed by atoms with Crippen molar-refractivity contribution in [3.05, 3.63) is 42.5 Å². The number of ether oxygens (including phenoxy) is 1. The molecule has 2 rings (SSSR count). The average molecular weight is 231 g/mol. The standard InChI is InChI=1S/C13H13NO3/c15-8-9-17-13(16)14-12-7-3-5-10-4-1-2-6-11(10)12/h1-7,15H,8-9H2,(H,14,16). The van der Waals surface area contributed by atoms with Crippen LogP contribution in [0.25, 0.3) is 10.8 Å². The van der Waals surface area contributed by atoms with Gasteiger partial charge in [-0.05, 0) is 11.5 Å². The van der Waals surface area contributed by atoms with E-state index in [-0.39, 0.29) is 13.2 Å². The number of aliphatic hydroxyl groups excluding tert-OH is 1. The van der Waals surface area contributed by atoms with E-state index in [1.54, 1.807) is 0 Å². The van der Waals surface area contributed by atoms with E-state index in [0.717, 1.165) is 10.8 Å². The van der Waals surface area contributed by atoms with Crippen molar-refractivity contribution >= 4 is 22.6 Å². The fourth-order valence-electron chi connectivity index (χ4n) is 1.62. The van der Waals surface area contributed by atoms with E-state index in [9.17, 15) is 4.79 Å². The van der Waals surface area contributed by atoms with Crippen LogP contribution >= 0.6 is 0 Å². The highest BCUT2D eigenvalue weighted by atomic mass is 16.6. The van der Waals surface area contributed by atoms with Crippen LogP contribution in [0.4, 0.5) is 10.5 Å². The second-order valence-corrected chi connectivity index (χ2v) is 3.51. The number of hydrogen-bond donors (Lipinski definition) is 2. The third-order valence-electron chi connectivity index (χ3n) is 2.35. The van der Waals surface area contributed by atoms with Gasteiger partial charge in [0, 0.05) is 5.39 Å². The Balaban J connectivity index is 2.21. The first-order chi connectivity index (χ1) is 8.31. The van der Waals surface area contributed by atoms with Gasteiger partial charge in [0.25, 0.3) is 0 Å². The summed E-state index contributed by atoms with van der Waals surface area (Å²) < 4.78 is 4.74. The van der Waals surface area contributed by atoms with Gasteiger partial charge in [0.15, 0.2) is 0 Å². The number of rotatable bonds is 3. The number of aliphatic hydroxyl groups is 1. The van der Waals surface area contributed by atoms with Gasteiger partial charge < -0.3 is 9.84 Å². The molecular weight excluding hydrogens is 218 g/mol. The summed E-state index contributed by atoms with van der Waals surface area (Å²) in [5.41, 5.74) is 0.700. The molecule has 88 valence electrons. The van der Waals surface area contributed by atoms with Gasteiger partial charge in [-0.2, -0.15) is 0 Å². The zero-order chi connectivity index (χ0) is 12.1. The Kier molecular flexibility index (Phi) is 3.57. The van der Waals surface area contributed by atoms with E-state index in [4.69, 9.17) is 9.84 Å². The van der Waals surface area contributed by atoms with Crippen LogP contribution in [0.5, 0.6) is 0 Å². The van der Waals surface area contributed by atoms with Gasteiger partial charge in [0.05, 0.1) is 12.3 Å². The van der Waals surface area contributed by atoms with Crippen molar-refractivity contribution in [1.29, 1.82) is 0 Å². The first-order valence-corrected chi connectivity index (χ1v) is 5.33. The van der Waals surface area contributed by atoms with Gasteiger partial charge in [-0.25, -0.2) is 4.79 Å². The quantitative estimate of drug-likeness (QED) is 0.852. The van der Waals surface area contributed by atoms with E-state index in [0.29, 0.717) is 5.69 Å². The topological polar surface area (TPSA) is 58.6 Å². The predicted molar refractivity (Wildman–Crippen MR) is 66.0 cm³/mol. The van der Waals surface area contributed by atoms with Crippen molar-refractivity contribution in [2.45, 2.75) is 0 Å². The monoisotopic (exact) mass is 231 g/mol. The van der Waals surface area contributed by atoms with Crippen LogP contribution in [-0.4, -0.2) is 24.4 Å². The molecule has 0 aliphatic rings. The van der Waals surface area contributed by atoms with E-state index < -0.39 is 6.09 Å². The van der Waals surface area contributed by atoms with Crippen molar-refractivity contribution in [3.8, 4) is 0 Å². The number of fused-ring (bicyclic) bond motifs is 1. The zero-order valence-corrected chi connectivity index (χ0v) is 9.22. The highest BCUT2D eigenvalue weighted by molar-refractivity contribution is 6.00. The van der Waals surface area contributed by atoms with Crippen molar-refractivity contribution < 1.29 is 14.6 Å². The molecule has 0 atom stereocenters. The highest BCUT2D eigenvalue weighted by Gasteiger charge is 2.05. The largest absolute Gasteiger partial charge is 0.447 e. The summed E-state index contributed by atoms with van der Waals surface area (Å²) in [4.78, 5) is 11.4. The molecule has 1 amide bonds. The lowest BCUT2D eigenvalue weighted by Gasteiger charge is -2.08. The maximum atomic E-state index is 11.4. The number of carbonyl (C=O) groups is 1. The molecule has 2 aromatic rings. The van der Waals surface area contributed by atoms with Crippen LogP contribution in [0.3, 0.4) is 0 Å². The Labute approximate surface area is 98.8 Å². The van der Waals surface area contributed by atoms with Gasteiger partial charge in [-0.15, -0.1) is 0 Å². The van der Waals surface area contributed by atoms with Crippen LogP contribution in [0.2, 0.25) is 0 Å². The lowest BCUT2D eigenvalue weighted by atomic mass is 10.1. The van der Waals surface area contributed by atoms with Crippen LogP contribution in [0.15, 0.2) is 42.5 Å². The summed E-state index contributed by atoms with van der Waals surface area (Å²) in [6.07, 6.45) is -0.560. The minimum atomic E-state index is -0.560. The molecule has 0 unspecified atom stereocenters. The average Bonchev–Trinajstić information content (AvgIpc) is 2.37. The molecule has 0 aliphatic carbocycles. The lowest BCUT2D eigenvalue weighted by Crippen LogP contribution is -2.15. The Bertz CT molecular complexity index is 520. The normalized spacial score (nSPS) is 10.2. The molecule has 4 nitrogen and oxygen atoms in total. The molecule has 0 heterocycles. The van der Waals surface area contributed by atoms with E-state index >= 15 is 0 Å². The molecule has 2 aromatic carbocycles. The summed E-state index contributed by atoms with van der Waals surface area (Å²) in [6.45, 7) is -0.181. The predicted octanol–water partition coefficient (Wildman–Crippen LogP) is 2.38. The smallest absolute Gasteiger partial charge is 0.411 e. The molecule has 0 fully saturated rings. The van der Waals surface area contributed by atoms with Crippen molar-refractivity contribution in [3.63, 3.8) is 0 Å². The molecule has 4 heteroatoms. The SMILES string of the molecule is O=C(Nc1cccc2ccccc12)OCCO. The molecule has 0 spiro atoms. The maximum Gasteiger partial charge on any atom is 0.411 e. The summed E-state index contributed by atoms with van der Waals surface area (Å²) in [6, 6.07) is 13.4. The van der Waals surface area contributed by atoms with Crippen LogP contribution in [-0.2, 0) is 4.74 Å². The molecule has 0 aromatic heterocycles. The van der Waals surface area contributed by atoms with Crippen molar-refractivity contribution in [2.75, 3.05) is 18.5 Å². The number of anilines is 1. The fourth-order valence-corrected chi connectivity index (χ4v) is 1.62. The van der Waals surface area contributed by atoms with Gasteiger partial charge >= 0.3 is 6.09 Å². The number of carbonyl (C=O) groups excluding carboxylic acids is 1. The highest BCUT2D eigenvalue weighted by Crippen LogP contribution is 2.22. The van der Waals surface area contributed by atoms with Gasteiger partial charge in [-0.1, -0.05) is 36.4 Å². The Morgan fingerprint density at radius 1 is 1.18 bits per heavy atom. The molecule has 2 N–H and O–H groups in total. The molecule has 0 bridgehead atoms. The summed E-state index contributed by atoms with van der Waals surface area (Å²) in [7, 11) is 0. The summed E-state index contributed by atoms with van der Waals surface area (Å²) in [5, 5.41) is 13.2. The Hall–Kier alpha value is -2.07. The minimum Gasteiger partial charge on any atom is -0.447 e. The Morgan fingerprint density at radius 2 is 1.94 bits per heavy atom. The lowest BCUT2D eigenvalue weighted by molar-refractivity contribution is 0.131. The number of hydrogen-bond acceptors (Lipinski definition) is 3. The number of benzene rings is 2. The number of nitrogens with one attached hydrogen (secondary N) is 1. The first kappa shape index (κ1) is 11.4. The molecule has 0 saturated heterocycles. The van der Waals surface area contributed by atoms with Gasteiger partial charge in [-0.3, -0.25) is 5.32 Å². The van der Waals surface area contributed by atoms with Crippen LogP contribution < -0.4 is 5.32 Å². The second-order valence-electron chi connectivity index (χ2n) is 3.51. The third kappa shape index (κ3) is 2.73. The van der Waals surface area contributed by atoms with E-state index in [1.807, 2.05) is 42.5 Å². The summed E-state index contributed by atoms with van der Waals surface area (Å²) >= 11 is 0. The van der Waals surface area contributed by atoms with Gasteiger partial charge in [0.2, 0.25) is 0 Å². The minimum absolute atomic E-state index is 0.00337. The third-order valence-corrected chi connectivity index (χ3v) is 2.35. The second kappa shape index (κ2) is 5.32. The van der Waals surface area contributed by atoms with Crippen LogP contribution in [0, 0.1) is 0 Å². The zero-order valence-electron chi connectivity index (χ0n) is 9.22. The molecular formula is C13H13NO3. The first-order valence-electron chi connectivity index (χ1n) is 5.33. The van der Waals surface area contributed by atoms with E-state index in [1.165, 1.54) is 0 Å². The molecule has 17 heavy (non-hydrogen) atoms. The molecule has 0 radical (unpaired) electrons. The summed E-state index contributed by atoms with van der Waals surface area (Å²) in [5.74, 6) is 0. The van der Waals surface area contributed by atoms with Crippen LogP contribution in [0.1, 0.15) is 0 Å². The van der Waals surface area contributed by atoms with Crippen molar-refractivity contribution in [2.24, 2.45) is 0 Å². The van der Waals surface area contributed by atoms with Gasteiger partial charge in [0.1, 0.15) is 6.61 Å². The molecule has 0 aliphatic heterocycles. The molecule has 0 saturated carbocycles. The number of amides is 1. The Morgan fingerprint density at radius 3 is 2.76 bits per heavy atom. The van der Waals surface area contributed by atoms with Crippen molar-refractivity contribution in [1.82, 2.24) is 0 Å². The maximum absolute atomic E-state index is 11.4. The fraction of sp³-hybridized carbons (Fsp3) is 0.154. The van der Waals surface area contributed by atoms with E-state index in [2.05, 4.69) is 5.32 Å².